The van der Waals surface area contributed by atoms with Gasteiger partial charge in [0.2, 0.25) is 5.91 Å². The van der Waals surface area contributed by atoms with Gasteiger partial charge in [-0.05, 0) is 74.6 Å². The first-order valence-corrected chi connectivity index (χ1v) is 16.7. The topological polar surface area (TPSA) is 101 Å². The first-order chi connectivity index (χ1) is 21.8. The average molecular weight is 694 g/mol. The fraction of sp³-hybridized carbons (Fsp3) is 0.562. The zero-order chi connectivity index (χ0) is 34.6. The van der Waals surface area contributed by atoms with Crippen LogP contribution in [0.5, 0.6) is 0 Å². The first kappa shape index (κ1) is 35.1. The molecule has 1 unspecified atom stereocenters. The van der Waals surface area contributed by atoms with Crippen LogP contribution in [-0.4, -0.2) is 62.9 Å². The van der Waals surface area contributed by atoms with Crippen molar-refractivity contribution in [3.63, 3.8) is 0 Å². The molecule has 0 aromatic heterocycles. The SMILES string of the molecule is COC(=O)[C@H]1CC[C@H](C(=O)N2CCC(c3ccc(C(F)(C(F)(F)F)C(F)(F)F)cc3)(S(=O)(=O)c3cccc(C4(O)CCC4)c3)C2)CC1. The molecule has 258 valence electrons. The number of likely N-dealkylation sites (tertiary alicyclic amines) is 1. The quantitative estimate of drug-likeness (QED) is 0.273. The number of esters is 1. The third-order valence-electron chi connectivity index (χ3n) is 10.1. The monoisotopic (exact) mass is 693 g/mol. The number of benzene rings is 2. The third kappa shape index (κ3) is 5.80. The fourth-order valence-electron chi connectivity index (χ4n) is 7.05. The molecule has 2 aliphatic carbocycles. The Morgan fingerprint density at radius 1 is 0.851 bits per heavy atom. The highest BCUT2D eigenvalue weighted by atomic mass is 32.2. The van der Waals surface area contributed by atoms with E-state index in [1.165, 1.54) is 30.2 Å². The maximum atomic E-state index is 14.8. The van der Waals surface area contributed by atoms with Crippen molar-refractivity contribution in [3.8, 4) is 0 Å². The highest BCUT2D eigenvalue weighted by Gasteiger charge is 2.73. The number of aliphatic hydroxyl groups is 1. The number of ether oxygens (including phenoxy) is 1. The van der Waals surface area contributed by atoms with Gasteiger partial charge in [-0.15, -0.1) is 0 Å². The van der Waals surface area contributed by atoms with E-state index in [1.54, 1.807) is 6.07 Å². The summed E-state index contributed by atoms with van der Waals surface area (Å²) < 4.78 is 127. The summed E-state index contributed by atoms with van der Waals surface area (Å²) in [6, 6.07) is 7.58. The molecule has 1 atom stereocenters. The molecule has 1 N–H and O–H groups in total. The largest absolute Gasteiger partial charge is 0.469 e. The second kappa shape index (κ2) is 12.0. The van der Waals surface area contributed by atoms with Crippen LogP contribution in [0.25, 0.3) is 0 Å². The molecule has 5 rings (SSSR count). The summed E-state index contributed by atoms with van der Waals surface area (Å²) in [5, 5.41) is 10.9. The van der Waals surface area contributed by atoms with Gasteiger partial charge in [0.25, 0.3) is 0 Å². The summed E-state index contributed by atoms with van der Waals surface area (Å²) in [5.74, 6) is -1.71. The van der Waals surface area contributed by atoms with Crippen molar-refractivity contribution in [2.45, 2.75) is 84.6 Å². The highest BCUT2D eigenvalue weighted by Crippen LogP contribution is 2.54. The molecular weight excluding hydrogens is 659 g/mol. The van der Waals surface area contributed by atoms with Gasteiger partial charge in [0.15, 0.2) is 9.84 Å². The van der Waals surface area contributed by atoms with Gasteiger partial charge in [-0.1, -0.05) is 36.4 Å². The van der Waals surface area contributed by atoms with E-state index >= 15 is 0 Å². The minimum absolute atomic E-state index is 0.0987. The van der Waals surface area contributed by atoms with Gasteiger partial charge >= 0.3 is 24.0 Å². The van der Waals surface area contributed by atoms with Crippen molar-refractivity contribution in [2.24, 2.45) is 11.8 Å². The fourth-order valence-corrected chi connectivity index (χ4v) is 9.17. The number of methoxy groups -OCH3 is 1. The summed E-state index contributed by atoms with van der Waals surface area (Å²) in [4.78, 5) is 26.6. The molecule has 1 heterocycles. The van der Waals surface area contributed by atoms with E-state index in [9.17, 15) is 53.8 Å². The molecule has 2 aromatic carbocycles. The Balaban J connectivity index is 1.54. The van der Waals surface area contributed by atoms with Crippen molar-refractivity contribution in [2.75, 3.05) is 20.2 Å². The number of rotatable bonds is 7. The third-order valence-corrected chi connectivity index (χ3v) is 12.6. The standard InChI is InChI=1S/C32H34F7NO6S/c1-46-27(42)21-8-6-20(7-9-21)26(41)40-17-16-29(19-40,47(44,45)25-5-2-4-24(18-25)28(43)14-3-15-28)22-10-12-23(13-11-22)30(33,31(34,35)36)32(37,38)39/h2,4-5,10-13,18,20-21,43H,3,6-9,14-17,19H2,1H3/t20-,21-,29?. The predicted molar refractivity (Wildman–Crippen MR) is 153 cm³/mol. The summed E-state index contributed by atoms with van der Waals surface area (Å²) in [6.45, 7) is -0.573. The van der Waals surface area contributed by atoms with Crippen molar-refractivity contribution >= 4 is 21.7 Å². The van der Waals surface area contributed by atoms with Gasteiger partial charge < -0.3 is 14.7 Å². The molecule has 1 aliphatic heterocycles. The molecule has 2 aromatic rings. The lowest BCUT2D eigenvalue weighted by atomic mass is 9.75. The Bertz CT molecular complexity index is 1600. The van der Waals surface area contributed by atoms with Crippen molar-refractivity contribution in [1.82, 2.24) is 4.90 Å². The van der Waals surface area contributed by atoms with Crippen molar-refractivity contribution in [3.05, 3.63) is 65.2 Å². The summed E-state index contributed by atoms with van der Waals surface area (Å²) in [7, 11) is -3.29. The Morgan fingerprint density at radius 2 is 1.43 bits per heavy atom. The number of amides is 1. The van der Waals surface area contributed by atoms with Gasteiger partial charge in [0.05, 0.1) is 23.5 Å². The van der Waals surface area contributed by atoms with Crippen LogP contribution in [0.1, 0.15) is 68.1 Å². The second-order valence-corrected chi connectivity index (χ2v) is 15.0. The second-order valence-electron chi connectivity index (χ2n) is 12.7. The molecule has 2 saturated carbocycles. The predicted octanol–water partition coefficient (Wildman–Crippen LogP) is 6.23. The molecule has 15 heteroatoms. The van der Waals surface area contributed by atoms with Crippen LogP contribution >= 0.6 is 0 Å². The Labute approximate surface area is 267 Å². The van der Waals surface area contributed by atoms with Gasteiger partial charge in [0, 0.05) is 24.6 Å². The lowest BCUT2D eigenvalue weighted by Crippen LogP contribution is -2.50. The van der Waals surface area contributed by atoms with Crippen LogP contribution < -0.4 is 0 Å². The molecule has 47 heavy (non-hydrogen) atoms. The zero-order valence-corrected chi connectivity index (χ0v) is 26.2. The molecule has 0 bridgehead atoms. The summed E-state index contributed by atoms with van der Waals surface area (Å²) >= 11 is 0. The van der Waals surface area contributed by atoms with Crippen LogP contribution in [0.2, 0.25) is 0 Å². The van der Waals surface area contributed by atoms with Crippen LogP contribution in [0.4, 0.5) is 30.7 Å². The molecule has 3 fully saturated rings. The van der Waals surface area contributed by atoms with Crippen LogP contribution in [0.15, 0.2) is 53.4 Å². The average Bonchev–Trinajstić information content (AvgIpc) is 3.49. The van der Waals surface area contributed by atoms with Gasteiger partial charge in [0.1, 0.15) is 4.75 Å². The van der Waals surface area contributed by atoms with Crippen molar-refractivity contribution < 1.29 is 58.6 Å². The number of hydrogen-bond donors (Lipinski definition) is 1. The number of sulfone groups is 1. The van der Waals surface area contributed by atoms with Crippen molar-refractivity contribution in [1.29, 1.82) is 0 Å². The molecule has 0 spiro atoms. The van der Waals surface area contributed by atoms with E-state index in [1.807, 2.05) is 0 Å². The smallest absolute Gasteiger partial charge is 0.435 e. The normalized spacial score (nSPS) is 25.3. The van der Waals surface area contributed by atoms with E-state index in [-0.39, 0.29) is 41.5 Å². The molecule has 1 saturated heterocycles. The number of halogens is 7. The maximum absolute atomic E-state index is 14.8. The van der Waals surface area contributed by atoms with Gasteiger partial charge in [-0.3, -0.25) is 9.59 Å². The number of hydrogen-bond acceptors (Lipinski definition) is 6. The number of carbonyl (C=O) groups is 2. The Hall–Kier alpha value is -3.20. The Morgan fingerprint density at radius 3 is 1.94 bits per heavy atom. The number of alkyl halides is 7. The number of carbonyl (C=O) groups excluding carboxylic acids is 2. The van der Waals surface area contributed by atoms with E-state index < -0.39 is 68.1 Å². The number of nitrogens with zero attached hydrogens (tertiary/aromatic N) is 1. The Kier molecular flexibility index (Phi) is 9.00. The van der Waals surface area contributed by atoms with Gasteiger partial charge in [-0.25, -0.2) is 12.8 Å². The van der Waals surface area contributed by atoms with E-state index in [4.69, 9.17) is 4.74 Å². The van der Waals surface area contributed by atoms with E-state index in [2.05, 4.69) is 0 Å². The lowest BCUT2D eigenvalue weighted by molar-refractivity contribution is -0.348. The molecule has 0 radical (unpaired) electrons. The minimum atomic E-state index is -6.36. The molecular formula is C32H34F7NO6S. The highest BCUT2D eigenvalue weighted by molar-refractivity contribution is 7.92. The van der Waals surface area contributed by atoms with Crippen LogP contribution in [0, 0.1) is 11.8 Å². The first-order valence-electron chi connectivity index (χ1n) is 15.2. The van der Waals surface area contributed by atoms with Crippen LogP contribution in [0.3, 0.4) is 0 Å². The molecule has 1 amide bonds. The molecule has 7 nitrogen and oxygen atoms in total. The summed E-state index contributed by atoms with van der Waals surface area (Å²) in [6.07, 6.45) is -10.1. The van der Waals surface area contributed by atoms with E-state index in [0.717, 1.165) is 12.1 Å². The zero-order valence-electron chi connectivity index (χ0n) is 25.3. The van der Waals surface area contributed by atoms with Crippen LogP contribution in [-0.2, 0) is 40.2 Å². The lowest BCUT2D eigenvalue weighted by Gasteiger charge is -2.37. The molecule has 3 aliphatic rings. The summed E-state index contributed by atoms with van der Waals surface area (Å²) in [5.41, 5.74) is -8.61. The maximum Gasteiger partial charge on any atom is 0.435 e. The van der Waals surface area contributed by atoms with E-state index in [0.29, 0.717) is 50.5 Å². The minimum Gasteiger partial charge on any atom is -0.469 e. The van der Waals surface area contributed by atoms with Gasteiger partial charge in [-0.2, -0.15) is 26.3 Å².